The number of likely N-dealkylation sites (tertiary alicyclic amines) is 1. The van der Waals surface area contributed by atoms with Crippen LogP contribution in [0.4, 0.5) is 0 Å². The van der Waals surface area contributed by atoms with Crippen molar-refractivity contribution >= 4 is 11.8 Å². The van der Waals surface area contributed by atoms with Gasteiger partial charge in [-0.3, -0.25) is 9.59 Å². The molecule has 3 heterocycles. The number of morpholine rings is 1. The maximum absolute atomic E-state index is 12.3. The zero-order chi connectivity index (χ0) is 20.9. The predicted octanol–water partition coefficient (Wildman–Crippen LogP) is 1.03. The second kappa shape index (κ2) is 9.54. The van der Waals surface area contributed by atoms with Crippen molar-refractivity contribution in [3.8, 4) is 6.07 Å². The van der Waals surface area contributed by atoms with Crippen molar-refractivity contribution in [1.82, 2.24) is 20.1 Å². The molecule has 2 saturated heterocycles. The molecule has 3 fully saturated rings. The van der Waals surface area contributed by atoms with Crippen LogP contribution in [-0.2, 0) is 9.53 Å². The Labute approximate surface area is 177 Å². The Hall–Kier alpha value is -2.50. The van der Waals surface area contributed by atoms with E-state index >= 15 is 0 Å². The average molecular weight is 412 g/mol. The summed E-state index contributed by atoms with van der Waals surface area (Å²) in [5.74, 6) is 1.25. The molecule has 1 aromatic rings. The molecule has 30 heavy (non-hydrogen) atoms. The van der Waals surface area contributed by atoms with E-state index in [0.717, 1.165) is 38.4 Å². The monoisotopic (exact) mass is 411 g/mol. The van der Waals surface area contributed by atoms with Gasteiger partial charge >= 0.3 is 0 Å². The van der Waals surface area contributed by atoms with Crippen LogP contribution in [0.2, 0.25) is 0 Å². The van der Waals surface area contributed by atoms with E-state index in [1.807, 2.05) is 11.0 Å². The van der Waals surface area contributed by atoms with E-state index in [4.69, 9.17) is 10.00 Å². The predicted molar refractivity (Wildman–Crippen MR) is 109 cm³/mol. The Morgan fingerprint density at radius 3 is 2.63 bits per heavy atom. The Bertz CT molecular complexity index is 794. The lowest BCUT2D eigenvalue weighted by Crippen LogP contribution is -2.52. The average Bonchev–Trinajstić information content (AvgIpc) is 3.59. The number of amides is 2. The fourth-order valence-electron chi connectivity index (χ4n) is 4.21. The molecular formula is C22H29N5O3. The lowest BCUT2D eigenvalue weighted by molar-refractivity contribution is -0.149. The fourth-order valence-corrected chi connectivity index (χ4v) is 4.21. The van der Waals surface area contributed by atoms with Crippen LogP contribution >= 0.6 is 0 Å². The highest BCUT2D eigenvalue weighted by Crippen LogP contribution is 2.31. The molecule has 4 rings (SSSR count). The number of carbonyl (C=O) groups is 2. The Balaban J connectivity index is 1.21. The number of ether oxygens (including phenoxy) is 1. The summed E-state index contributed by atoms with van der Waals surface area (Å²) in [5, 5.41) is 11.6. The van der Waals surface area contributed by atoms with E-state index in [9.17, 15) is 9.59 Å². The molecule has 2 amide bonds. The Morgan fingerprint density at radius 1 is 1.20 bits per heavy atom. The van der Waals surface area contributed by atoms with Gasteiger partial charge in [-0.2, -0.15) is 5.26 Å². The SMILES string of the molecule is N#Cc1ccc(C(=O)NC[C@H]2CN(CC3CCN(CC4CC4)CC3)C(=O)CO2)cn1. The molecule has 1 aromatic heterocycles. The van der Waals surface area contributed by atoms with Crippen LogP contribution in [0, 0.1) is 23.2 Å². The molecule has 0 radical (unpaired) electrons. The third-order valence-electron chi connectivity index (χ3n) is 6.25. The number of nitrogens with zero attached hydrogens (tertiary/aromatic N) is 4. The lowest BCUT2D eigenvalue weighted by atomic mass is 9.95. The van der Waals surface area contributed by atoms with Crippen LogP contribution in [0.5, 0.6) is 0 Å². The van der Waals surface area contributed by atoms with Gasteiger partial charge in [0, 0.05) is 32.4 Å². The minimum Gasteiger partial charge on any atom is -0.365 e. The second-order valence-corrected chi connectivity index (χ2v) is 8.67. The molecule has 1 aliphatic carbocycles. The summed E-state index contributed by atoms with van der Waals surface area (Å²) in [5.41, 5.74) is 0.672. The Morgan fingerprint density at radius 2 is 1.97 bits per heavy atom. The van der Waals surface area contributed by atoms with Crippen LogP contribution in [0.25, 0.3) is 0 Å². The van der Waals surface area contributed by atoms with E-state index in [1.54, 1.807) is 6.07 Å². The quantitative estimate of drug-likeness (QED) is 0.720. The number of piperidine rings is 1. The molecule has 2 aliphatic heterocycles. The molecule has 8 heteroatoms. The first-order valence-electron chi connectivity index (χ1n) is 10.9. The van der Waals surface area contributed by atoms with Gasteiger partial charge in [-0.1, -0.05) is 0 Å². The number of aromatic nitrogens is 1. The molecule has 0 bridgehead atoms. The smallest absolute Gasteiger partial charge is 0.252 e. The van der Waals surface area contributed by atoms with Gasteiger partial charge in [0.25, 0.3) is 5.91 Å². The van der Waals surface area contributed by atoms with Crippen molar-refractivity contribution in [2.75, 3.05) is 45.9 Å². The zero-order valence-corrected chi connectivity index (χ0v) is 17.3. The first-order valence-corrected chi connectivity index (χ1v) is 10.9. The van der Waals surface area contributed by atoms with Gasteiger partial charge in [0.05, 0.1) is 11.7 Å². The van der Waals surface area contributed by atoms with Gasteiger partial charge in [-0.25, -0.2) is 4.98 Å². The summed E-state index contributed by atoms with van der Waals surface area (Å²) in [6, 6.07) is 5.02. The second-order valence-electron chi connectivity index (χ2n) is 8.67. The number of hydrogen-bond donors (Lipinski definition) is 1. The highest BCUT2D eigenvalue weighted by atomic mass is 16.5. The zero-order valence-electron chi connectivity index (χ0n) is 17.3. The van der Waals surface area contributed by atoms with Crippen LogP contribution in [0.1, 0.15) is 41.7 Å². The van der Waals surface area contributed by atoms with E-state index in [2.05, 4.69) is 15.2 Å². The summed E-state index contributed by atoms with van der Waals surface area (Å²) in [6.45, 7) is 5.22. The highest BCUT2D eigenvalue weighted by molar-refractivity contribution is 5.93. The molecular weight excluding hydrogens is 382 g/mol. The summed E-state index contributed by atoms with van der Waals surface area (Å²) in [7, 11) is 0. The molecule has 160 valence electrons. The van der Waals surface area contributed by atoms with Gasteiger partial charge in [0.15, 0.2) is 0 Å². The molecule has 1 N–H and O–H groups in total. The Kier molecular flexibility index (Phi) is 6.60. The number of rotatable bonds is 7. The minimum atomic E-state index is -0.262. The van der Waals surface area contributed by atoms with E-state index in [-0.39, 0.29) is 30.2 Å². The molecule has 1 atom stereocenters. The van der Waals surface area contributed by atoms with Gasteiger partial charge < -0.3 is 19.9 Å². The third-order valence-corrected chi connectivity index (χ3v) is 6.25. The molecule has 0 aromatic carbocycles. The summed E-state index contributed by atoms with van der Waals surface area (Å²) >= 11 is 0. The van der Waals surface area contributed by atoms with E-state index in [0.29, 0.717) is 24.6 Å². The summed E-state index contributed by atoms with van der Waals surface area (Å²) in [6.07, 6.45) is 6.24. The maximum Gasteiger partial charge on any atom is 0.252 e. The molecule has 8 nitrogen and oxygen atoms in total. The normalized spacial score (nSPS) is 23.2. The number of hydrogen-bond acceptors (Lipinski definition) is 6. The summed E-state index contributed by atoms with van der Waals surface area (Å²) in [4.78, 5) is 33.0. The minimum absolute atomic E-state index is 0.0364. The van der Waals surface area contributed by atoms with Crippen LogP contribution < -0.4 is 5.32 Å². The third kappa shape index (κ3) is 5.55. The van der Waals surface area contributed by atoms with E-state index < -0.39 is 0 Å². The first-order chi connectivity index (χ1) is 14.6. The van der Waals surface area contributed by atoms with Crippen molar-refractivity contribution in [3.63, 3.8) is 0 Å². The maximum atomic E-state index is 12.3. The lowest BCUT2D eigenvalue weighted by Gasteiger charge is -2.38. The largest absolute Gasteiger partial charge is 0.365 e. The highest BCUT2D eigenvalue weighted by Gasteiger charge is 2.31. The standard InChI is InChI=1S/C22H29N5O3/c23-9-19-4-3-18(10-24-19)22(29)25-11-20-14-27(21(28)15-30-20)13-17-5-7-26(8-6-17)12-16-1-2-16/h3-4,10,16-17,20H,1-2,5-8,11-15H2,(H,25,29)/t20-/m0/s1. The molecule has 1 saturated carbocycles. The number of pyridine rings is 1. The van der Waals surface area contributed by atoms with Crippen molar-refractivity contribution < 1.29 is 14.3 Å². The van der Waals surface area contributed by atoms with Gasteiger partial charge in [-0.05, 0) is 62.7 Å². The van der Waals surface area contributed by atoms with E-state index in [1.165, 1.54) is 31.6 Å². The van der Waals surface area contributed by atoms with Gasteiger partial charge in [0.1, 0.15) is 18.4 Å². The van der Waals surface area contributed by atoms with Crippen molar-refractivity contribution in [2.45, 2.75) is 31.8 Å². The number of nitrogens with one attached hydrogen (secondary N) is 1. The topological polar surface area (TPSA) is 98.6 Å². The van der Waals surface area contributed by atoms with Crippen molar-refractivity contribution in [2.24, 2.45) is 11.8 Å². The van der Waals surface area contributed by atoms with Crippen LogP contribution in [-0.4, -0.2) is 78.6 Å². The number of carbonyl (C=O) groups excluding carboxylic acids is 2. The molecule has 0 spiro atoms. The van der Waals surface area contributed by atoms with Crippen LogP contribution in [0.3, 0.4) is 0 Å². The summed E-state index contributed by atoms with van der Waals surface area (Å²) < 4.78 is 5.63. The van der Waals surface area contributed by atoms with Crippen molar-refractivity contribution in [1.29, 1.82) is 5.26 Å². The van der Waals surface area contributed by atoms with Gasteiger partial charge in [-0.15, -0.1) is 0 Å². The van der Waals surface area contributed by atoms with Crippen molar-refractivity contribution in [3.05, 3.63) is 29.6 Å². The fraction of sp³-hybridized carbons (Fsp3) is 0.636. The molecule has 3 aliphatic rings. The molecule has 0 unspecified atom stereocenters. The number of nitriles is 1. The van der Waals surface area contributed by atoms with Crippen LogP contribution in [0.15, 0.2) is 18.3 Å². The van der Waals surface area contributed by atoms with Gasteiger partial charge in [0.2, 0.25) is 5.91 Å². The first kappa shape index (κ1) is 20.8.